The zero-order valence-electron chi connectivity index (χ0n) is 24.9. The molecule has 0 saturated heterocycles. The third-order valence-corrected chi connectivity index (χ3v) is 9.50. The molecule has 5 rings (SSSR count). The van der Waals surface area contributed by atoms with E-state index < -0.39 is 0 Å². The third-order valence-electron chi connectivity index (χ3n) is 9.21. The Hall–Kier alpha value is -3.34. The van der Waals surface area contributed by atoms with E-state index >= 15 is 0 Å². The first-order valence-electron chi connectivity index (χ1n) is 15.4. The minimum absolute atomic E-state index is 0.122. The maximum Gasteiger partial charge on any atom is 0.142 e. The van der Waals surface area contributed by atoms with E-state index in [1.165, 1.54) is 23.3 Å². The van der Waals surface area contributed by atoms with E-state index in [0.29, 0.717) is 19.3 Å². The highest BCUT2D eigenvalue weighted by Gasteiger charge is 2.34. The summed E-state index contributed by atoms with van der Waals surface area (Å²) in [4.78, 5) is 15.4. The number of ketones is 1. The van der Waals surface area contributed by atoms with Crippen molar-refractivity contribution < 1.29 is 13.6 Å². The van der Waals surface area contributed by atoms with Crippen LogP contribution < -0.4 is 0 Å². The van der Waals surface area contributed by atoms with Gasteiger partial charge in [-0.2, -0.15) is 0 Å². The van der Waals surface area contributed by atoms with Gasteiger partial charge in [0.25, 0.3) is 0 Å². The average Bonchev–Trinajstić information content (AvgIpc) is 3.03. The van der Waals surface area contributed by atoms with Crippen LogP contribution in [0.4, 0.5) is 8.78 Å². The number of rotatable bonds is 13. The van der Waals surface area contributed by atoms with Crippen LogP contribution >= 0.6 is 11.6 Å². The second kappa shape index (κ2) is 14.4. The van der Waals surface area contributed by atoms with Crippen molar-refractivity contribution in [2.75, 3.05) is 13.1 Å². The lowest BCUT2D eigenvalue weighted by atomic mass is 9.68. The van der Waals surface area contributed by atoms with Crippen LogP contribution in [0.25, 0.3) is 0 Å². The Kier molecular flexibility index (Phi) is 10.4. The molecular weight excluding hydrogens is 560 g/mol. The summed E-state index contributed by atoms with van der Waals surface area (Å²) in [5.74, 6) is -0.368. The molecule has 0 bridgehead atoms. The topological polar surface area (TPSA) is 20.3 Å². The summed E-state index contributed by atoms with van der Waals surface area (Å²) in [7, 11) is 0. The Balaban J connectivity index is 1.29. The zero-order chi connectivity index (χ0) is 30.2. The Labute approximate surface area is 259 Å². The lowest BCUT2D eigenvalue weighted by Crippen LogP contribution is -2.36. The van der Waals surface area contributed by atoms with Gasteiger partial charge in [-0.3, -0.25) is 9.69 Å². The Morgan fingerprint density at radius 3 is 2.14 bits per heavy atom. The number of nitrogens with zero attached hydrogens (tertiary/aromatic N) is 1. The fourth-order valence-corrected chi connectivity index (χ4v) is 6.97. The predicted molar refractivity (Wildman–Crippen MR) is 172 cm³/mol. The lowest BCUT2D eigenvalue weighted by molar-refractivity contribution is -0.119. The minimum Gasteiger partial charge on any atom is -0.300 e. The molecule has 224 valence electrons. The molecule has 0 aromatic heterocycles. The minimum atomic E-state index is -0.353. The maximum atomic E-state index is 14.3. The molecular formula is C38H40ClF2NO. The molecule has 43 heavy (non-hydrogen) atoms. The quantitative estimate of drug-likeness (QED) is 0.152. The summed E-state index contributed by atoms with van der Waals surface area (Å²) in [5.41, 5.74) is 5.48. The molecule has 0 amide bonds. The van der Waals surface area contributed by atoms with Gasteiger partial charge in [0, 0.05) is 30.8 Å². The van der Waals surface area contributed by atoms with Crippen LogP contribution in [0.15, 0.2) is 97.1 Å². The molecule has 2 nitrogen and oxygen atoms in total. The fraction of sp³-hybridized carbons (Fsp3) is 0.342. The molecule has 0 aliphatic carbocycles. The molecule has 5 heteroatoms. The molecule has 4 aromatic rings. The van der Waals surface area contributed by atoms with Gasteiger partial charge in [0.2, 0.25) is 0 Å². The van der Waals surface area contributed by atoms with E-state index in [-0.39, 0.29) is 33.9 Å². The van der Waals surface area contributed by atoms with Crippen LogP contribution in [0.2, 0.25) is 5.02 Å². The van der Waals surface area contributed by atoms with Crippen LogP contribution in [0.5, 0.6) is 0 Å². The summed E-state index contributed by atoms with van der Waals surface area (Å²) in [5, 5.41) is 0.198. The largest absolute Gasteiger partial charge is 0.300 e. The van der Waals surface area contributed by atoms with Gasteiger partial charge in [-0.25, -0.2) is 8.78 Å². The number of Topliss-reactive ketones (excluding diaryl/α,β-unsaturated/α-hetero) is 1. The van der Waals surface area contributed by atoms with Crippen molar-refractivity contribution in [1.29, 1.82) is 0 Å². The molecule has 1 heterocycles. The van der Waals surface area contributed by atoms with Crippen molar-refractivity contribution in [1.82, 2.24) is 4.90 Å². The Bertz CT molecular complexity index is 1450. The van der Waals surface area contributed by atoms with Crippen molar-refractivity contribution in [3.63, 3.8) is 0 Å². The summed E-state index contributed by atoms with van der Waals surface area (Å²) < 4.78 is 27.6. The van der Waals surface area contributed by atoms with Gasteiger partial charge >= 0.3 is 0 Å². The van der Waals surface area contributed by atoms with Gasteiger partial charge in [-0.1, -0.05) is 84.4 Å². The first-order valence-corrected chi connectivity index (χ1v) is 15.8. The number of halogens is 3. The van der Waals surface area contributed by atoms with E-state index in [4.69, 9.17) is 11.6 Å². The second-order valence-electron chi connectivity index (χ2n) is 11.9. The van der Waals surface area contributed by atoms with Crippen molar-refractivity contribution in [3.8, 4) is 0 Å². The number of benzene rings is 4. The molecule has 0 spiro atoms. The Morgan fingerprint density at radius 1 is 0.860 bits per heavy atom. The number of carbonyl (C=O) groups is 1. The van der Waals surface area contributed by atoms with Crippen LogP contribution in [0.1, 0.15) is 79.3 Å². The van der Waals surface area contributed by atoms with Crippen molar-refractivity contribution in [3.05, 3.63) is 142 Å². The smallest absolute Gasteiger partial charge is 0.142 e. The highest BCUT2D eigenvalue weighted by atomic mass is 35.5. The number of fused-ring (bicyclic) bond motifs is 1. The molecule has 0 fully saturated rings. The first kappa shape index (κ1) is 31.1. The van der Waals surface area contributed by atoms with Crippen LogP contribution in [-0.4, -0.2) is 23.8 Å². The normalized spacial score (nSPS) is 15.3. The van der Waals surface area contributed by atoms with Crippen molar-refractivity contribution >= 4 is 17.4 Å². The molecule has 1 atom stereocenters. The predicted octanol–water partition coefficient (Wildman–Crippen LogP) is 9.68. The molecule has 0 N–H and O–H groups in total. The maximum absolute atomic E-state index is 14.3. The summed E-state index contributed by atoms with van der Waals surface area (Å²) in [6, 6.07) is 31.3. The molecule has 1 aliphatic heterocycles. The van der Waals surface area contributed by atoms with E-state index in [0.717, 1.165) is 61.9 Å². The van der Waals surface area contributed by atoms with E-state index in [2.05, 4.69) is 72.5 Å². The van der Waals surface area contributed by atoms with E-state index in [1.54, 1.807) is 24.3 Å². The molecule has 1 aliphatic rings. The highest BCUT2D eigenvalue weighted by Crippen LogP contribution is 2.42. The monoisotopic (exact) mass is 599 g/mol. The Morgan fingerprint density at radius 2 is 1.49 bits per heavy atom. The van der Waals surface area contributed by atoms with E-state index in [9.17, 15) is 13.6 Å². The lowest BCUT2D eigenvalue weighted by Gasteiger charge is -2.39. The molecule has 1 unspecified atom stereocenters. The van der Waals surface area contributed by atoms with Gasteiger partial charge < -0.3 is 0 Å². The highest BCUT2D eigenvalue weighted by molar-refractivity contribution is 6.30. The summed E-state index contributed by atoms with van der Waals surface area (Å²) in [6.07, 6.45) is 6.06. The molecule has 0 saturated carbocycles. The first-order chi connectivity index (χ1) is 20.9. The average molecular weight is 600 g/mol. The van der Waals surface area contributed by atoms with Crippen LogP contribution in [0.3, 0.4) is 0 Å². The summed E-state index contributed by atoms with van der Waals surface area (Å²) >= 11 is 6.07. The van der Waals surface area contributed by atoms with E-state index in [1.807, 2.05) is 0 Å². The standard InChI is InChI=1S/C38H40ClF2NO/c1-28-35-27-37(41)36(39)26-30(35)21-25-42(28)24-9-23-38(31-10-4-2-5-11-31,32-12-6-3-7-13-32)22-8-14-34(43)20-17-29-15-18-33(40)19-16-29/h2-7,10-13,15-16,18-19,26-28H,8-9,14,17,20-25H2,1H3. The van der Waals surface area contributed by atoms with Crippen molar-refractivity contribution in [2.24, 2.45) is 0 Å². The number of hydrogen-bond acceptors (Lipinski definition) is 2. The fourth-order valence-electron chi connectivity index (χ4n) is 6.78. The van der Waals surface area contributed by atoms with Gasteiger partial charge in [-0.15, -0.1) is 0 Å². The third kappa shape index (κ3) is 7.60. The van der Waals surface area contributed by atoms with Crippen LogP contribution in [-0.2, 0) is 23.1 Å². The number of aryl methyl sites for hydroxylation is 1. The molecule has 0 radical (unpaired) electrons. The van der Waals surface area contributed by atoms with Gasteiger partial charge in [-0.05, 0) is 104 Å². The van der Waals surface area contributed by atoms with Crippen LogP contribution in [0, 0.1) is 11.6 Å². The number of carbonyl (C=O) groups excluding carboxylic acids is 1. The van der Waals surface area contributed by atoms with Gasteiger partial charge in [0.1, 0.15) is 17.4 Å². The second-order valence-corrected chi connectivity index (χ2v) is 12.3. The number of hydrogen-bond donors (Lipinski definition) is 0. The van der Waals surface area contributed by atoms with Gasteiger partial charge in [0.05, 0.1) is 5.02 Å². The summed E-state index contributed by atoms with van der Waals surface area (Å²) in [6.45, 7) is 3.98. The molecule has 4 aromatic carbocycles. The SMILES string of the molecule is CC1c2cc(F)c(Cl)cc2CCN1CCCC(CCCC(=O)CCc1ccc(F)cc1)(c1ccccc1)c1ccccc1. The zero-order valence-corrected chi connectivity index (χ0v) is 25.6. The van der Waals surface area contributed by atoms with Crippen molar-refractivity contribution in [2.45, 2.75) is 69.7 Å². The van der Waals surface area contributed by atoms with Gasteiger partial charge in [0.15, 0.2) is 0 Å².